The maximum absolute atomic E-state index is 13.6. The molecule has 2 atom stereocenters. The molecule has 0 spiro atoms. The van der Waals surface area contributed by atoms with E-state index in [-0.39, 0.29) is 36.5 Å². The number of methoxy groups -OCH3 is 2. The quantitative estimate of drug-likeness (QED) is 0.0950. The highest BCUT2D eigenvalue weighted by Gasteiger charge is 2.26. The van der Waals surface area contributed by atoms with Crippen molar-refractivity contribution >= 4 is 35.0 Å². The molecule has 0 aliphatic heterocycles. The van der Waals surface area contributed by atoms with E-state index in [0.717, 1.165) is 11.1 Å². The Morgan fingerprint density at radius 2 is 0.870 bits per heavy atom. The number of carbonyl (C=O) groups is 4. The molecule has 4 aromatic rings. The number of likely N-dealkylation sites (N-methyl/N-ethyl adjacent to an activating group) is 2. The summed E-state index contributed by atoms with van der Waals surface area (Å²) in [4.78, 5) is 56.1. The molecule has 0 radical (unpaired) electrons. The molecule has 0 saturated carbocycles. The van der Waals surface area contributed by atoms with Crippen LogP contribution in [0, 0.1) is 0 Å². The van der Waals surface area contributed by atoms with Crippen molar-refractivity contribution in [2.45, 2.75) is 37.8 Å². The summed E-state index contributed by atoms with van der Waals surface area (Å²) in [6.45, 7) is 1.98. The molecular formula is C42H52N6O6. The summed E-state index contributed by atoms with van der Waals surface area (Å²) >= 11 is 0. The fraction of sp³-hybridized carbons (Fsp3) is 0.333. The SMILES string of the molecule is COc1ccc(N(C)C(=O)[C@H](Cc2ccccc2)NC(=O)CCNCCNCCC(=O)N[C@@H](Cc2ccccc2)C(=O)N(C)c2ccc(OC)cc2)cc1. The van der Waals surface area contributed by atoms with Crippen molar-refractivity contribution in [1.29, 1.82) is 0 Å². The van der Waals surface area contributed by atoms with Crippen molar-refractivity contribution in [2.75, 3.05) is 64.3 Å². The first kappa shape index (κ1) is 41.0. The average molecular weight is 737 g/mol. The number of benzene rings is 4. The second kappa shape index (κ2) is 21.7. The van der Waals surface area contributed by atoms with Crippen LogP contribution in [0.2, 0.25) is 0 Å². The standard InChI is InChI=1S/C42H52N6O6/c1-47(33-15-19-35(53-3)20-16-33)41(51)37(29-31-11-7-5-8-12-31)45-39(49)23-25-43-27-28-44-26-24-40(50)46-38(30-32-13-9-6-10-14-32)42(52)48(2)34-17-21-36(54-4)22-18-34/h5-22,37-38,43-44H,23-30H2,1-4H3,(H,45,49)(H,46,50)/t37-,38-/m0/s1. The first-order valence-electron chi connectivity index (χ1n) is 18.1. The Morgan fingerprint density at radius 3 is 1.20 bits per heavy atom. The minimum absolute atomic E-state index is 0.190. The predicted molar refractivity (Wildman–Crippen MR) is 212 cm³/mol. The average Bonchev–Trinajstić information content (AvgIpc) is 3.21. The van der Waals surface area contributed by atoms with Crippen LogP contribution in [0.5, 0.6) is 11.5 Å². The second-order valence-electron chi connectivity index (χ2n) is 12.8. The van der Waals surface area contributed by atoms with Gasteiger partial charge in [0.1, 0.15) is 23.6 Å². The number of ether oxygens (including phenoxy) is 2. The van der Waals surface area contributed by atoms with Crippen LogP contribution in [-0.2, 0) is 32.0 Å². The third kappa shape index (κ3) is 13.0. The molecular weight excluding hydrogens is 684 g/mol. The minimum atomic E-state index is -0.745. The van der Waals surface area contributed by atoms with Crippen LogP contribution < -0.4 is 40.5 Å². The number of nitrogens with one attached hydrogen (secondary N) is 4. The lowest BCUT2D eigenvalue weighted by Crippen LogP contribution is -2.49. The van der Waals surface area contributed by atoms with Gasteiger partial charge in [0.05, 0.1) is 14.2 Å². The van der Waals surface area contributed by atoms with Gasteiger partial charge in [0.15, 0.2) is 0 Å². The molecule has 4 N–H and O–H groups in total. The van der Waals surface area contributed by atoms with Gasteiger partial charge >= 0.3 is 0 Å². The Balaban J connectivity index is 1.19. The summed E-state index contributed by atoms with van der Waals surface area (Å²) in [6, 6.07) is 32.0. The van der Waals surface area contributed by atoms with E-state index >= 15 is 0 Å². The molecule has 4 aromatic carbocycles. The molecule has 4 amide bonds. The zero-order valence-corrected chi connectivity index (χ0v) is 31.5. The Morgan fingerprint density at radius 1 is 0.519 bits per heavy atom. The van der Waals surface area contributed by atoms with Crippen LogP contribution in [0.25, 0.3) is 0 Å². The maximum Gasteiger partial charge on any atom is 0.249 e. The summed E-state index contributed by atoms with van der Waals surface area (Å²) in [7, 11) is 6.56. The summed E-state index contributed by atoms with van der Waals surface area (Å²) in [5, 5.41) is 12.3. The van der Waals surface area contributed by atoms with Crippen molar-refractivity contribution in [1.82, 2.24) is 21.3 Å². The van der Waals surface area contributed by atoms with Gasteiger partial charge in [-0.2, -0.15) is 0 Å². The normalized spacial score (nSPS) is 11.9. The summed E-state index contributed by atoms with van der Waals surface area (Å²) in [5.74, 6) is 0.460. The molecule has 12 nitrogen and oxygen atoms in total. The number of carbonyl (C=O) groups excluding carboxylic acids is 4. The molecule has 54 heavy (non-hydrogen) atoms. The first-order valence-corrected chi connectivity index (χ1v) is 18.1. The maximum atomic E-state index is 13.6. The minimum Gasteiger partial charge on any atom is -0.497 e. The fourth-order valence-corrected chi connectivity index (χ4v) is 5.80. The molecule has 0 aliphatic carbocycles. The smallest absolute Gasteiger partial charge is 0.249 e. The lowest BCUT2D eigenvalue weighted by Gasteiger charge is -2.25. The lowest BCUT2D eigenvalue weighted by atomic mass is 10.0. The van der Waals surface area contributed by atoms with E-state index in [1.54, 1.807) is 86.6 Å². The molecule has 0 aromatic heterocycles. The van der Waals surface area contributed by atoms with Gasteiger partial charge in [-0.15, -0.1) is 0 Å². The van der Waals surface area contributed by atoms with Gasteiger partial charge in [0, 0.05) is 77.3 Å². The Labute approximate surface area is 318 Å². The summed E-state index contributed by atoms with van der Waals surface area (Å²) in [6.07, 6.45) is 1.10. The number of rotatable bonds is 21. The largest absolute Gasteiger partial charge is 0.497 e. The number of anilines is 2. The van der Waals surface area contributed by atoms with Gasteiger partial charge in [-0.25, -0.2) is 0 Å². The van der Waals surface area contributed by atoms with Crippen LogP contribution in [0.3, 0.4) is 0 Å². The summed E-state index contributed by atoms with van der Waals surface area (Å²) < 4.78 is 10.5. The van der Waals surface area contributed by atoms with E-state index in [0.29, 0.717) is 61.9 Å². The van der Waals surface area contributed by atoms with Gasteiger partial charge in [0.2, 0.25) is 23.6 Å². The van der Waals surface area contributed by atoms with Gasteiger partial charge in [-0.3, -0.25) is 19.2 Å². The van der Waals surface area contributed by atoms with E-state index in [2.05, 4.69) is 21.3 Å². The highest BCUT2D eigenvalue weighted by Crippen LogP contribution is 2.21. The van der Waals surface area contributed by atoms with Gasteiger partial charge < -0.3 is 40.5 Å². The molecule has 0 heterocycles. The van der Waals surface area contributed by atoms with Crippen molar-refractivity contribution in [2.24, 2.45) is 0 Å². The fourth-order valence-electron chi connectivity index (χ4n) is 5.80. The zero-order chi connectivity index (χ0) is 38.7. The topological polar surface area (TPSA) is 141 Å². The number of hydrogen-bond donors (Lipinski definition) is 4. The zero-order valence-electron chi connectivity index (χ0n) is 31.5. The van der Waals surface area contributed by atoms with Gasteiger partial charge in [-0.1, -0.05) is 60.7 Å². The molecule has 0 fully saturated rings. The molecule has 12 heteroatoms. The van der Waals surface area contributed by atoms with E-state index in [1.807, 2.05) is 60.7 Å². The monoisotopic (exact) mass is 736 g/mol. The lowest BCUT2D eigenvalue weighted by molar-refractivity contribution is -0.127. The van der Waals surface area contributed by atoms with Gasteiger partial charge in [-0.05, 0) is 59.7 Å². The third-order valence-electron chi connectivity index (χ3n) is 8.95. The number of amides is 4. The van der Waals surface area contributed by atoms with E-state index in [1.165, 1.54) is 0 Å². The highest BCUT2D eigenvalue weighted by atomic mass is 16.5. The highest BCUT2D eigenvalue weighted by molar-refractivity contribution is 6.00. The summed E-state index contributed by atoms with van der Waals surface area (Å²) in [5.41, 5.74) is 3.27. The first-order chi connectivity index (χ1) is 26.2. The van der Waals surface area contributed by atoms with E-state index < -0.39 is 12.1 Å². The molecule has 286 valence electrons. The van der Waals surface area contributed by atoms with Crippen LogP contribution >= 0.6 is 0 Å². The van der Waals surface area contributed by atoms with Crippen molar-refractivity contribution in [3.8, 4) is 11.5 Å². The molecule has 0 unspecified atom stereocenters. The van der Waals surface area contributed by atoms with Crippen molar-refractivity contribution in [3.63, 3.8) is 0 Å². The molecule has 0 aliphatic rings. The molecule has 0 bridgehead atoms. The van der Waals surface area contributed by atoms with E-state index in [4.69, 9.17) is 9.47 Å². The molecule has 4 rings (SSSR count). The van der Waals surface area contributed by atoms with Crippen LogP contribution in [-0.4, -0.2) is 90.2 Å². The third-order valence-corrected chi connectivity index (χ3v) is 8.95. The van der Waals surface area contributed by atoms with E-state index in [9.17, 15) is 19.2 Å². The van der Waals surface area contributed by atoms with Crippen LogP contribution in [0.4, 0.5) is 11.4 Å². The molecule has 0 saturated heterocycles. The van der Waals surface area contributed by atoms with Crippen LogP contribution in [0.15, 0.2) is 109 Å². The van der Waals surface area contributed by atoms with Crippen LogP contribution in [0.1, 0.15) is 24.0 Å². The van der Waals surface area contributed by atoms with Crippen molar-refractivity contribution in [3.05, 3.63) is 120 Å². The van der Waals surface area contributed by atoms with Crippen molar-refractivity contribution < 1.29 is 28.7 Å². The number of nitrogens with zero attached hydrogens (tertiary/aromatic N) is 2. The van der Waals surface area contributed by atoms with Gasteiger partial charge in [0.25, 0.3) is 0 Å². The Hall–Kier alpha value is -5.72. The Kier molecular flexibility index (Phi) is 16.5. The predicted octanol–water partition coefficient (Wildman–Crippen LogP) is 3.74. The second-order valence-corrected chi connectivity index (χ2v) is 12.8. The number of hydrogen-bond acceptors (Lipinski definition) is 8. The Bertz CT molecular complexity index is 1630.